The molecule has 0 bridgehead atoms. The summed E-state index contributed by atoms with van der Waals surface area (Å²) < 4.78 is 25.3. The first-order valence-corrected chi connectivity index (χ1v) is 8.48. The van der Waals surface area contributed by atoms with E-state index in [1.54, 1.807) is 48.5 Å². The Hall–Kier alpha value is -1.65. The molecule has 0 aliphatic heterocycles. The van der Waals surface area contributed by atoms with Gasteiger partial charge in [-0.1, -0.05) is 41.9 Å². The first-order chi connectivity index (χ1) is 10.1. The largest absolute Gasteiger partial charge is 0.303 e. The molecule has 21 heavy (non-hydrogen) atoms. The molecule has 1 aliphatic carbocycles. The van der Waals surface area contributed by atoms with Crippen molar-refractivity contribution in [3.05, 3.63) is 65.2 Å². The van der Waals surface area contributed by atoms with Crippen molar-refractivity contribution >= 4 is 27.7 Å². The summed E-state index contributed by atoms with van der Waals surface area (Å²) in [5.74, 6) is -0.819. The molecule has 3 rings (SSSR count). The van der Waals surface area contributed by atoms with Crippen molar-refractivity contribution in [2.75, 3.05) is 0 Å². The summed E-state index contributed by atoms with van der Waals surface area (Å²) in [6.07, 6.45) is 0.733. The maximum Gasteiger partial charge on any atom is 0.182 e. The van der Waals surface area contributed by atoms with E-state index in [9.17, 15) is 13.2 Å². The third-order valence-corrected chi connectivity index (χ3v) is 6.32. The fourth-order valence-electron chi connectivity index (χ4n) is 2.76. The summed E-state index contributed by atoms with van der Waals surface area (Å²) in [6, 6.07) is 15.3. The maximum atomic E-state index is 12.6. The van der Waals surface area contributed by atoms with Crippen LogP contribution in [0, 0.1) is 5.92 Å². The number of carbonyl (C=O) groups is 1. The quantitative estimate of drug-likeness (QED) is 0.813. The molecule has 0 radical (unpaired) electrons. The average molecular weight is 321 g/mol. The third kappa shape index (κ3) is 2.49. The van der Waals surface area contributed by atoms with Crippen molar-refractivity contribution in [2.24, 2.45) is 5.92 Å². The highest BCUT2D eigenvalue weighted by molar-refractivity contribution is 7.92. The number of halogens is 1. The van der Waals surface area contributed by atoms with Gasteiger partial charge in [0.05, 0.1) is 10.1 Å². The lowest BCUT2D eigenvalue weighted by molar-refractivity contribution is -0.108. The van der Waals surface area contributed by atoms with Crippen molar-refractivity contribution in [1.82, 2.24) is 0 Å². The van der Waals surface area contributed by atoms with Gasteiger partial charge in [-0.25, -0.2) is 8.42 Å². The van der Waals surface area contributed by atoms with Crippen LogP contribution in [0.1, 0.15) is 11.5 Å². The van der Waals surface area contributed by atoms with Crippen molar-refractivity contribution in [3.8, 4) is 0 Å². The SMILES string of the molecule is O=C[C@@H]1[C@@H](c2cccc(Cl)c2)[C@H]1S(=O)(=O)c1ccccc1. The molecular formula is C16H13ClO3S. The van der Waals surface area contributed by atoms with Crippen molar-refractivity contribution < 1.29 is 13.2 Å². The van der Waals surface area contributed by atoms with E-state index in [-0.39, 0.29) is 10.8 Å². The lowest BCUT2D eigenvalue weighted by Gasteiger charge is -2.04. The lowest BCUT2D eigenvalue weighted by Crippen LogP contribution is -2.10. The number of aldehydes is 1. The Kier molecular flexibility index (Phi) is 3.59. The molecule has 1 fully saturated rings. The van der Waals surface area contributed by atoms with E-state index in [2.05, 4.69) is 0 Å². The molecule has 0 N–H and O–H groups in total. The number of hydrogen-bond acceptors (Lipinski definition) is 3. The van der Waals surface area contributed by atoms with Crippen LogP contribution in [0.4, 0.5) is 0 Å². The highest BCUT2D eigenvalue weighted by Gasteiger charge is 2.59. The monoisotopic (exact) mass is 320 g/mol. The van der Waals surface area contributed by atoms with Gasteiger partial charge in [0, 0.05) is 16.9 Å². The predicted molar refractivity (Wildman–Crippen MR) is 81.2 cm³/mol. The van der Waals surface area contributed by atoms with Crippen LogP contribution in [0.15, 0.2) is 59.5 Å². The van der Waals surface area contributed by atoms with E-state index < -0.39 is 21.0 Å². The average Bonchev–Trinajstić information content (AvgIpc) is 3.23. The molecule has 0 aromatic heterocycles. The normalized spacial score (nSPS) is 24.5. The van der Waals surface area contributed by atoms with Crippen LogP contribution in [0.2, 0.25) is 5.02 Å². The second kappa shape index (κ2) is 5.28. The molecule has 2 aromatic rings. The zero-order valence-corrected chi connectivity index (χ0v) is 12.6. The molecule has 108 valence electrons. The topological polar surface area (TPSA) is 51.2 Å². The number of carbonyl (C=O) groups excluding carboxylic acids is 1. The Balaban J connectivity index is 1.98. The minimum atomic E-state index is -3.51. The molecule has 0 saturated heterocycles. The van der Waals surface area contributed by atoms with Gasteiger partial charge in [-0.15, -0.1) is 0 Å². The lowest BCUT2D eigenvalue weighted by atomic mass is 10.1. The summed E-state index contributed by atoms with van der Waals surface area (Å²) in [6.45, 7) is 0. The zero-order chi connectivity index (χ0) is 15.0. The van der Waals surface area contributed by atoms with Gasteiger partial charge in [0.25, 0.3) is 0 Å². The van der Waals surface area contributed by atoms with Gasteiger partial charge in [0.1, 0.15) is 6.29 Å². The fraction of sp³-hybridized carbons (Fsp3) is 0.188. The van der Waals surface area contributed by atoms with Gasteiger partial charge in [-0.3, -0.25) is 0 Å². The zero-order valence-electron chi connectivity index (χ0n) is 11.0. The standard InChI is InChI=1S/C16H13ClO3S/c17-12-6-4-5-11(9-12)15-14(10-18)16(15)21(19,20)13-7-2-1-3-8-13/h1-10,14-16H/t14-,15-,16+/m1/s1. The Labute approximate surface area is 128 Å². The summed E-state index contributed by atoms with van der Waals surface area (Å²) in [4.78, 5) is 11.5. The molecule has 0 heterocycles. The number of rotatable bonds is 4. The van der Waals surface area contributed by atoms with Crippen LogP contribution in [-0.4, -0.2) is 20.0 Å². The Morgan fingerprint density at radius 2 is 1.71 bits per heavy atom. The fourth-order valence-corrected chi connectivity index (χ4v) is 5.09. The summed E-state index contributed by atoms with van der Waals surface area (Å²) in [7, 11) is -3.51. The summed E-state index contributed by atoms with van der Waals surface area (Å²) >= 11 is 5.95. The first kappa shape index (κ1) is 14.3. The first-order valence-electron chi connectivity index (χ1n) is 6.55. The number of sulfone groups is 1. The molecule has 2 aromatic carbocycles. The van der Waals surface area contributed by atoms with Gasteiger partial charge in [0.2, 0.25) is 0 Å². The van der Waals surface area contributed by atoms with E-state index in [4.69, 9.17) is 11.6 Å². The Morgan fingerprint density at radius 1 is 1.00 bits per heavy atom. The van der Waals surface area contributed by atoms with Crippen LogP contribution in [0.3, 0.4) is 0 Å². The summed E-state index contributed by atoms with van der Waals surface area (Å²) in [5, 5.41) is -0.157. The molecule has 5 heteroatoms. The van der Waals surface area contributed by atoms with Crippen LogP contribution < -0.4 is 0 Å². The van der Waals surface area contributed by atoms with Gasteiger partial charge >= 0.3 is 0 Å². The Morgan fingerprint density at radius 3 is 2.33 bits per heavy atom. The molecule has 3 atom stereocenters. The smallest absolute Gasteiger partial charge is 0.182 e. The molecular weight excluding hydrogens is 308 g/mol. The summed E-state index contributed by atoms with van der Waals surface area (Å²) in [5.41, 5.74) is 0.795. The van der Waals surface area contributed by atoms with Crippen molar-refractivity contribution in [3.63, 3.8) is 0 Å². The third-order valence-electron chi connectivity index (χ3n) is 3.83. The van der Waals surface area contributed by atoms with Gasteiger partial charge < -0.3 is 4.79 Å². The highest BCUT2D eigenvalue weighted by Crippen LogP contribution is 2.53. The minimum absolute atomic E-state index is 0.256. The van der Waals surface area contributed by atoms with Crippen LogP contribution in [-0.2, 0) is 14.6 Å². The van der Waals surface area contributed by atoms with E-state index in [1.807, 2.05) is 6.07 Å². The van der Waals surface area contributed by atoms with Gasteiger partial charge in [-0.2, -0.15) is 0 Å². The van der Waals surface area contributed by atoms with Crippen LogP contribution in [0.25, 0.3) is 0 Å². The molecule has 0 amide bonds. The molecule has 1 aliphatic rings. The molecule has 0 spiro atoms. The highest BCUT2D eigenvalue weighted by atomic mass is 35.5. The Bertz CT molecular complexity index is 771. The van der Waals surface area contributed by atoms with Gasteiger partial charge in [0.15, 0.2) is 9.84 Å². The van der Waals surface area contributed by atoms with E-state index >= 15 is 0 Å². The second-order valence-electron chi connectivity index (χ2n) is 5.12. The van der Waals surface area contributed by atoms with Gasteiger partial charge in [-0.05, 0) is 29.8 Å². The number of benzene rings is 2. The molecule has 3 nitrogen and oxygen atoms in total. The predicted octanol–water partition coefficient (Wildman–Crippen LogP) is 3.09. The van der Waals surface area contributed by atoms with Crippen molar-refractivity contribution in [2.45, 2.75) is 16.1 Å². The van der Waals surface area contributed by atoms with Crippen molar-refractivity contribution in [1.29, 1.82) is 0 Å². The van der Waals surface area contributed by atoms with E-state index in [0.29, 0.717) is 5.02 Å². The number of hydrogen-bond donors (Lipinski definition) is 0. The minimum Gasteiger partial charge on any atom is -0.303 e. The van der Waals surface area contributed by atoms with E-state index in [0.717, 1.165) is 11.8 Å². The molecule has 1 saturated carbocycles. The van der Waals surface area contributed by atoms with E-state index in [1.165, 1.54) is 0 Å². The van der Waals surface area contributed by atoms with Crippen LogP contribution >= 0.6 is 11.6 Å². The maximum absolute atomic E-state index is 12.6. The second-order valence-corrected chi connectivity index (χ2v) is 7.66. The van der Waals surface area contributed by atoms with Crippen LogP contribution in [0.5, 0.6) is 0 Å². The molecule has 0 unspecified atom stereocenters.